The third kappa shape index (κ3) is 3.52. The molecule has 2 heterocycles. The lowest BCUT2D eigenvalue weighted by Gasteiger charge is -2.32. The second kappa shape index (κ2) is 7.12. The zero-order chi connectivity index (χ0) is 16.5. The molecule has 0 radical (unpaired) electrons. The fourth-order valence-electron chi connectivity index (χ4n) is 5.08. The van der Waals surface area contributed by atoms with Crippen LogP contribution in [0.5, 0.6) is 0 Å². The zero-order valence-corrected chi connectivity index (χ0v) is 14.4. The van der Waals surface area contributed by atoms with Crippen LogP contribution in [0.1, 0.15) is 31.2 Å². The number of nitrogens with zero attached hydrogens (tertiary/aromatic N) is 2. The van der Waals surface area contributed by atoms with E-state index in [-0.39, 0.29) is 0 Å². The highest BCUT2D eigenvalue weighted by molar-refractivity contribution is 5.15. The van der Waals surface area contributed by atoms with Crippen LogP contribution in [0, 0.1) is 11.8 Å². The minimum Gasteiger partial charge on any atom is -0.390 e. The first-order valence-electron chi connectivity index (χ1n) is 9.55. The van der Waals surface area contributed by atoms with E-state index in [1.807, 2.05) is 0 Å². The standard InChI is InChI=1S/C20H30N2O2/c23-19-9-16-12-21(13-17(16)10-20(19)24)14-18-7-4-8-22(18)11-15-5-2-1-3-6-15/h1-3,5-6,16-20,23-24H,4,7-14H2/t16-,17+,18-,19+,20-/m1/s1. The molecule has 5 atom stereocenters. The number of hydrogen-bond acceptors (Lipinski definition) is 4. The van der Waals surface area contributed by atoms with E-state index in [4.69, 9.17) is 0 Å². The number of aliphatic hydroxyl groups excluding tert-OH is 2. The molecular weight excluding hydrogens is 300 g/mol. The predicted molar refractivity (Wildman–Crippen MR) is 94.5 cm³/mol. The first kappa shape index (κ1) is 16.5. The van der Waals surface area contributed by atoms with Crippen molar-refractivity contribution in [1.29, 1.82) is 0 Å². The lowest BCUT2D eigenvalue weighted by atomic mass is 9.79. The molecule has 0 unspecified atom stereocenters. The zero-order valence-electron chi connectivity index (χ0n) is 14.4. The maximum atomic E-state index is 9.92. The number of rotatable bonds is 4. The van der Waals surface area contributed by atoms with Gasteiger partial charge in [0.25, 0.3) is 0 Å². The van der Waals surface area contributed by atoms with Crippen molar-refractivity contribution in [2.24, 2.45) is 11.8 Å². The van der Waals surface area contributed by atoms with Gasteiger partial charge in [-0.25, -0.2) is 0 Å². The van der Waals surface area contributed by atoms with Gasteiger partial charge in [-0.15, -0.1) is 0 Å². The van der Waals surface area contributed by atoms with Crippen LogP contribution in [-0.4, -0.2) is 64.4 Å². The van der Waals surface area contributed by atoms with Gasteiger partial charge in [0.2, 0.25) is 0 Å². The molecule has 4 rings (SSSR count). The summed E-state index contributed by atoms with van der Waals surface area (Å²) in [5.74, 6) is 1.15. The molecule has 24 heavy (non-hydrogen) atoms. The number of likely N-dealkylation sites (tertiary alicyclic amines) is 2. The Labute approximate surface area is 145 Å². The largest absolute Gasteiger partial charge is 0.390 e. The molecule has 0 amide bonds. The van der Waals surface area contributed by atoms with Crippen molar-refractivity contribution in [3.8, 4) is 0 Å². The summed E-state index contributed by atoms with van der Waals surface area (Å²) >= 11 is 0. The summed E-state index contributed by atoms with van der Waals surface area (Å²) in [6, 6.07) is 11.4. The SMILES string of the molecule is O[C@@H]1C[C@H]2CN(C[C@H]3CCCN3Cc3ccccc3)C[C@H]2C[C@@H]1O. The maximum absolute atomic E-state index is 9.92. The van der Waals surface area contributed by atoms with Crippen molar-refractivity contribution >= 4 is 0 Å². The summed E-state index contributed by atoms with van der Waals surface area (Å²) < 4.78 is 0. The topological polar surface area (TPSA) is 46.9 Å². The molecule has 1 saturated carbocycles. The van der Waals surface area contributed by atoms with E-state index in [1.165, 1.54) is 24.9 Å². The number of fused-ring (bicyclic) bond motifs is 1. The minimum absolute atomic E-state index is 0.507. The van der Waals surface area contributed by atoms with Gasteiger partial charge in [-0.3, -0.25) is 4.90 Å². The molecule has 4 heteroatoms. The van der Waals surface area contributed by atoms with Gasteiger partial charge in [0, 0.05) is 32.2 Å². The fraction of sp³-hybridized carbons (Fsp3) is 0.700. The molecule has 0 spiro atoms. The van der Waals surface area contributed by atoms with Gasteiger partial charge in [0.1, 0.15) is 0 Å². The van der Waals surface area contributed by atoms with Crippen LogP contribution >= 0.6 is 0 Å². The van der Waals surface area contributed by atoms with E-state index >= 15 is 0 Å². The van der Waals surface area contributed by atoms with Crippen LogP contribution < -0.4 is 0 Å². The first-order chi connectivity index (χ1) is 11.7. The van der Waals surface area contributed by atoms with Gasteiger partial charge in [-0.05, 0) is 49.6 Å². The van der Waals surface area contributed by atoms with E-state index < -0.39 is 12.2 Å². The van der Waals surface area contributed by atoms with Gasteiger partial charge in [0.15, 0.2) is 0 Å². The van der Waals surface area contributed by atoms with Gasteiger partial charge < -0.3 is 15.1 Å². The normalized spacial score (nSPS) is 37.7. The Morgan fingerprint density at radius 2 is 1.62 bits per heavy atom. The monoisotopic (exact) mass is 330 g/mol. The Hall–Kier alpha value is -0.940. The Morgan fingerprint density at radius 3 is 2.29 bits per heavy atom. The molecular formula is C20H30N2O2. The Balaban J connectivity index is 1.33. The van der Waals surface area contributed by atoms with Gasteiger partial charge >= 0.3 is 0 Å². The molecule has 4 nitrogen and oxygen atoms in total. The molecule has 1 aromatic carbocycles. The van der Waals surface area contributed by atoms with Gasteiger partial charge in [-0.2, -0.15) is 0 Å². The molecule has 3 aliphatic rings. The summed E-state index contributed by atoms with van der Waals surface area (Å²) in [4.78, 5) is 5.23. The summed E-state index contributed by atoms with van der Waals surface area (Å²) in [5, 5.41) is 19.8. The van der Waals surface area contributed by atoms with Gasteiger partial charge in [0.05, 0.1) is 12.2 Å². The number of aliphatic hydroxyl groups is 2. The maximum Gasteiger partial charge on any atom is 0.0802 e. The quantitative estimate of drug-likeness (QED) is 0.882. The molecule has 132 valence electrons. The summed E-state index contributed by atoms with van der Waals surface area (Å²) in [7, 11) is 0. The van der Waals surface area contributed by atoms with Crippen LogP contribution in [-0.2, 0) is 6.54 Å². The predicted octanol–water partition coefficient (Wildman–Crippen LogP) is 1.71. The Morgan fingerprint density at radius 1 is 0.958 bits per heavy atom. The number of hydrogen-bond donors (Lipinski definition) is 2. The highest BCUT2D eigenvalue weighted by atomic mass is 16.3. The lowest BCUT2D eigenvalue weighted by Crippen LogP contribution is -2.39. The lowest BCUT2D eigenvalue weighted by molar-refractivity contribution is -0.0372. The van der Waals surface area contributed by atoms with Crippen LogP contribution in [0.4, 0.5) is 0 Å². The molecule has 2 saturated heterocycles. The van der Waals surface area contributed by atoms with Crippen molar-refractivity contribution in [2.75, 3.05) is 26.2 Å². The molecule has 0 aromatic heterocycles. The second-order valence-corrected chi connectivity index (χ2v) is 8.10. The molecule has 0 bridgehead atoms. The molecule has 1 aliphatic carbocycles. The second-order valence-electron chi connectivity index (χ2n) is 8.10. The van der Waals surface area contributed by atoms with E-state index in [2.05, 4.69) is 40.1 Å². The molecule has 3 fully saturated rings. The molecule has 2 N–H and O–H groups in total. The smallest absolute Gasteiger partial charge is 0.0802 e. The highest BCUT2D eigenvalue weighted by Gasteiger charge is 2.42. The molecule has 1 aromatic rings. The highest BCUT2D eigenvalue weighted by Crippen LogP contribution is 2.37. The summed E-state index contributed by atoms with van der Waals surface area (Å²) in [6.07, 6.45) is 3.14. The van der Waals surface area contributed by atoms with E-state index in [9.17, 15) is 10.2 Å². The van der Waals surface area contributed by atoms with Crippen molar-refractivity contribution in [1.82, 2.24) is 9.80 Å². The molecule has 2 aliphatic heterocycles. The van der Waals surface area contributed by atoms with Crippen molar-refractivity contribution in [2.45, 2.75) is 50.5 Å². The van der Waals surface area contributed by atoms with Crippen molar-refractivity contribution in [3.05, 3.63) is 35.9 Å². The average molecular weight is 330 g/mol. The summed E-state index contributed by atoms with van der Waals surface area (Å²) in [5.41, 5.74) is 1.41. The summed E-state index contributed by atoms with van der Waals surface area (Å²) in [6.45, 7) is 5.61. The van der Waals surface area contributed by atoms with Crippen LogP contribution in [0.15, 0.2) is 30.3 Å². The fourth-order valence-corrected chi connectivity index (χ4v) is 5.08. The third-order valence-corrected chi connectivity index (χ3v) is 6.38. The van der Waals surface area contributed by atoms with Crippen molar-refractivity contribution < 1.29 is 10.2 Å². The van der Waals surface area contributed by atoms with Crippen LogP contribution in [0.3, 0.4) is 0 Å². The van der Waals surface area contributed by atoms with E-state index in [1.54, 1.807) is 0 Å². The Bertz CT molecular complexity index is 520. The van der Waals surface area contributed by atoms with Crippen LogP contribution in [0.2, 0.25) is 0 Å². The first-order valence-corrected chi connectivity index (χ1v) is 9.55. The van der Waals surface area contributed by atoms with Crippen LogP contribution in [0.25, 0.3) is 0 Å². The average Bonchev–Trinajstić information content (AvgIpc) is 3.16. The third-order valence-electron chi connectivity index (χ3n) is 6.38. The van der Waals surface area contributed by atoms with Crippen molar-refractivity contribution in [3.63, 3.8) is 0 Å². The van der Waals surface area contributed by atoms with Gasteiger partial charge in [-0.1, -0.05) is 30.3 Å². The van der Waals surface area contributed by atoms with E-state index in [0.29, 0.717) is 17.9 Å². The van der Waals surface area contributed by atoms with E-state index in [0.717, 1.165) is 39.0 Å². The minimum atomic E-state index is -0.507. The Kier molecular flexibility index (Phi) is 4.90. The number of benzene rings is 1.